The van der Waals surface area contributed by atoms with E-state index in [2.05, 4.69) is 27.5 Å². The van der Waals surface area contributed by atoms with Gasteiger partial charge in [-0.15, -0.1) is 0 Å². The van der Waals surface area contributed by atoms with E-state index in [1.54, 1.807) is 18.2 Å². The molecule has 2 aromatic rings. The highest BCUT2D eigenvalue weighted by molar-refractivity contribution is 6.04. The number of aromatic nitrogens is 2. The van der Waals surface area contributed by atoms with Crippen molar-refractivity contribution in [3.05, 3.63) is 34.1 Å². The van der Waals surface area contributed by atoms with Crippen molar-refractivity contribution in [1.82, 2.24) is 9.97 Å². The third-order valence-corrected chi connectivity index (χ3v) is 5.85. The molecule has 1 saturated heterocycles. The van der Waals surface area contributed by atoms with Gasteiger partial charge in [0.25, 0.3) is 5.56 Å². The maximum absolute atomic E-state index is 13.0. The zero-order valence-corrected chi connectivity index (χ0v) is 17.1. The third-order valence-electron chi connectivity index (χ3n) is 5.85. The van der Waals surface area contributed by atoms with Gasteiger partial charge in [0.2, 0.25) is 24.6 Å². The van der Waals surface area contributed by atoms with Gasteiger partial charge in [0.1, 0.15) is 5.82 Å². The molecule has 10 heteroatoms. The largest absolute Gasteiger partial charge is 0.454 e. The minimum absolute atomic E-state index is 0.127. The Morgan fingerprint density at radius 1 is 1.26 bits per heavy atom. The monoisotopic (exact) mass is 425 g/mol. The van der Waals surface area contributed by atoms with Crippen molar-refractivity contribution in [2.45, 2.75) is 32.1 Å². The lowest BCUT2D eigenvalue weighted by atomic mass is 9.92. The molecule has 1 fully saturated rings. The second-order valence-electron chi connectivity index (χ2n) is 8.21. The van der Waals surface area contributed by atoms with E-state index in [-0.39, 0.29) is 30.5 Å². The van der Waals surface area contributed by atoms with Crippen LogP contribution in [-0.2, 0) is 9.59 Å². The van der Waals surface area contributed by atoms with Crippen molar-refractivity contribution in [1.29, 1.82) is 0 Å². The number of amides is 2. The fourth-order valence-corrected chi connectivity index (χ4v) is 4.32. The predicted octanol–water partition coefficient (Wildman–Crippen LogP) is 1.80. The number of ether oxygens (including phenoxy) is 2. The second kappa shape index (κ2) is 7.60. The number of rotatable bonds is 3. The number of fused-ring (bicyclic) bond motifs is 2. The topological polar surface area (TPSA) is 126 Å². The van der Waals surface area contributed by atoms with E-state index in [9.17, 15) is 14.4 Å². The number of anilines is 3. The number of hydrogen-bond donors (Lipinski definition) is 3. The second-order valence-corrected chi connectivity index (χ2v) is 8.21. The summed E-state index contributed by atoms with van der Waals surface area (Å²) in [6, 6.07) is 5.02. The van der Waals surface area contributed by atoms with Gasteiger partial charge in [-0.05, 0) is 30.9 Å². The highest BCUT2D eigenvalue weighted by Gasteiger charge is 2.35. The van der Waals surface area contributed by atoms with Crippen molar-refractivity contribution < 1.29 is 19.1 Å². The standard InChI is InChI=1S/C21H23N5O5/c1-11-3-2-6-26(9-11)21-24-18-17(20(29)25-21)13(8-16(27)23-18)19(28)22-12-4-5-14-15(7-12)31-10-30-14/h4-5,7,11,13H,2-3,6,8-10H2,1H3,(H,22,28)(H2,23,24,25,27,29)/t11-,13-/m0/s1. The van der Waals surface area contributed by atoms with E-state index >= 15 is 0 Å². The molecule has 0 spiro atoms. The number of benzene rings is 1. The summed E-state index contributed by atoms with van der Waals surface area (Å²) in [5.41, 5.74) is 0.251. The number of nitrogens with zero attached hydrogens (tertiary/aromatic N) is 2. The van der Waals surface area contributed by atoms with Gasteiger partial charge in [0.05, 0.1) is 11.5 Å². The molecule has 5 rings (SSSR count). The Bertz CT molecular complexity index is 1110. The molecule has 0 aliphatic carbocycles. The first-order valence-corrected chi connectivity index (χ1v) is 10.4. The van der Waals surface area contributed by atoms with Gasteiger partial charge < -0.3 is 25.0 Å². The maximum atomic E-state index is 13.0. The van der Waals surface area contributed by atoms with Gasteiger partial charge in [-0.25, -0.2) is 0 Å². The molecule has 31 heavy (non-hydrogen) atoms. The Kier molecular flexibility index (Phi) is 4.76. The minimum atomic E-state index is -0.945. The van der Waals surface area contributed by atoms with Crippen molar-refractivity contribution in [2.24, 2.45) is 5.92 Å². The molecule has 0 unspecified atom stereocenters. The Morgan fingerprint density at radius 3 is 2.94 bits per heavy atom. The lowest BCUT2D eigenvalue weighted by Crippen LogP contribution is -2.40. The Labute approximate surface area is 177 Å². The first-order valence-electron chi connectivity index (χ1n) is 10.4. The van der Waals surface area contributed by atoms with Gasteiger partial charge in [-0.2, -0.15) is 4.98 Å². The quantitative estimate of drug-likeness (QED) is 0.685. The molecule has 2 atom stereocenters. The number of carbonyl (C=O) groups is 2. The van der Waals surface area contributed by atoms with E-state index < -0.39 is 17.4 Å². The summed E-state index contributed by atoms with van der Waals surface area (Å²) in [6.07, 6.45) is 2.01. The average Bonchev–Trinajstić information content (AvgIpc) is 3.20. The van der Waals surface area contributed by atoms with Crippen LogP contribution in [-0.4, -0.2) is 41.7 Å². The number of H-pyrrole nitrogens is 1. The zero-order chi connectivity index (χ0) is 21.5. The summed E-state index contributed by atoms with van der Waals surface area (Å²) < 4.78 is 10.6. The molecule has 3 N–H and O–H groups in total. The molecule has 1 aromatic heterocycles. The van der Waals surface area contributed by atoms with Crippen LogP contribution in [0.3, 0.4) is 0 Å². The molecule has 3 aliphatic heterocycles. The van der Waals surface area contributed by atoms with Crippen molar-refractivity contribution >= 4 is 29.3 Å². The highest BCUT2D eigenvalue weighted by Crippen LogP contribution is 2.35. The molecule has 2 amide bonds. The number of piperidine rings is 1. The molecule has 10 nitrogen and oxygen atoms in total. The summed E-state index contributed by atoms with van der Waals surface area (Å²) in [7, 11) is 0. The summed E-state index contributed by atoms with van der Waals surface area (Å²) in [6.45, 7) is 3.85. The normalized spacial score (nSPS) is 22.0. The van der Waals surface area contributed by atoms with Gasteiger partial charge in [-0.3, -0.25) is 19.4 Å². The molecular formula is C21H23N5O5. The first-order chi connectivity index (χ1) is 15.0. The summed E-state index contributed by atoms with van der Waals surface area (Å²) >= 11 is 0. The summed E-state index contributed by atoms with van der Waals surface area (Å²) in [4.78, 5) is 47.6. The van der Waals surface area contributed by atoms with Gasteiger partial charge >= 0.3 is 0 Å². The summed E-state index contributed by atoms with van der Waals surface area (Å²) in [5, 5.41) is 5.43. The van der Waals surface area contributed by atoms with Crippen LogP contribution >= 0.6 is 0 Å². The molecule has 162 valence electrons. The third kappa shape index (κ3) is 3.69. The molecule has 3 aliphatic rings. The average molecular weight is 425 g/mol. The molecular weight excluding hydrogens is 402 g/mol. The minimum Gasteiger partial charge on any atom is -0.454 e. The van der Waals surface area contributed by atoms with Gasteiger partial charge in [0.15, 0.2) is 11.5 Å². The van der Waals surface area contributed by atoms with Crippen molar-refractivity contribution in [3.63, 3.8) is 0 Å². The predicted molar refractivity (Wildman–Crippen MR) is 113 cm³/mol. The lowest BCUT2D eigenvalue weighted by Gasteiger charge is -2.32. The molecule has 0 bridgehead atoms. The lowest BCUT2D eigenvalue weighted by molar-refractivity contribution is -0.123. The van der Waals surface area contributed by atoms with Crippen molar-refractivity contribution in [2.75, 3.05) is 35.4 Å². The smallest absolute Gasteiger partial charge is 0.258 e. The Morgan fingerprint density at radius 2 is 2.10 bits per heavy atom. The summed E-state index contributed by atoms with van der Waals surface area (Å²) in [5.74, 6) is 0.437. The van der Waals surface area contributed by atoms with E-state index in [1.807, 2.05) is 4.90 Å². The maximum Gasteiger partial charge on any atom is 0.258 e. The van der Waals surface area contributed by atoms with Crippen LogP contribution in [0, 0.1) is 5.92 Å². The number of hydrogen-bond acceptors (Lipinski definition) is 7. The fraction of sp³-hybridized carbons (Fsp3) is 0.429. The van der Waals surface area contributed by atoms with Gasteiger partial charge in [-0.1, -0.05) is 6.92 Å². The van der Waals surface area contributed by atoms with Crippen LogP contribution in [0.5, 0.6) is 11.5 Å². The van der Waals surface area contributed by atoms with Gasteiger partial charge in [0, 0.05) is 31.3 Å². The zero-order valence-electron chi connectivity index (χ0n) is 17.1. The SMILES string of the molecule is C[C@H]1CCCN(c2nc3c(c(=O)[nH]2)[C@@H](C(=O)Nc2ccc4c(c2)OCO4)CC(=O)N3)C1. The highest BCUT2D eigenvalue weighted by atomic mass is 16.7. The van der Waals surface area contributed by atoms with Crippen LogP contribution in [0.1, 0.15) is 37.7 Å². The number of aromatic amines is 1. The molecule has 1 aromatic carbocycles. The molecule has 0 saturated carbocycles. The molecule has 4 heterocycles. The van der Waals surface area contributed by atoms with Crippen LogP contribution in [0.2, 0.25) is 0 Å². The fourth-order valence-electron chi connectivity index (χ4n) is 4.32. The van der Waals surface area contributed by atoms with E-state index in [0.717, 1.165) is 25.9 Å². The van der Waals surface area contributed by atoms with Crippen LogP contribution in [0.15, 0.2) is 23.0 Å². The Hall–Kier alpha value is -3.56. The Balaban J connectivity index is 1.43. The van der Waals surface area contributed by atoms with Crippen molar-refractivity contribution in [3.8, 4) is 11.5 Å². The molecule has 0 radical (unpaired) electrons. The van der Waals surface area contributed by atoms with Crippen LogP contribution in [0.4, 0.5) is 17.5 Å². The van der Waals surface area contributed by atoms with E-state index in [1.165, 1.54) is 0 Å². The van der Waals surface area contributed by atoms with Crippen LogP contribution in [0.25, 0.3) is 0 Å². The van der Waals surface area contributed by atoms with Crippen LogP contribution < -0.4 is 30.6 Å². The van der Waals surface area contributed by atoms with E-state index in [0.29, 0.717) is 29.1 Å². The first kappa shape index (κ1) is 19.4. The number of nitrogens with one attached hydrogen (secondary N) is 3. The van der Waals surface area contributed by atoms with E-state index in [4.69, 9.17) is 9.47 Å². The number of carbonyl (C=O) groups excluding carboxylic acids is 2.